The number of urea groups is 1. The fourth-order valence-electron chi connectivity index (χ4n) is 4.68. The van der Waals surface area contributed by atoms with Crippen LogP contribution in [0.5, 0.6) is 5.75 Å². The highest BCUT2D eigenvalue weighted by Crippen LogP contribution is 2.39. The van der Waals surface area contributed by atoms with E-state index >= 15 is 0 Å². The SMILES string of the molecule is C#Cc1ccc2[nH]c([C@H]([C@H](C)c3ccccc3)N3C(=O)N[C@H](c4ccc(OCCO)cc4)C3=O)nc2c1. The van der Waals surface area contributed by atoms with Gasteiger partial charge in [-0.05, 0) is 41.5 Å². The molecule has 1 aliphatic heterocycles. The number of ether oxygens (including phenoxy) is 1. The van der Waals surface area contributed by atoms with E-state index in [4.69, 9.17) is 21.3 Å². The lowest BCUT2D eigenvalue weighted by Gasteiger charge is -2.29. The van der Waals surface area contributed by atoms with Crippen molar-refractivity contribution in [3.8, 4) is 18.1 Å². The molecule has 3 amide bonds. The molecule has 0 unspecified atom stereocenters. The Morgan fingerprint density at radius 2 is 1.86 bits per heavy atom. The van der Waals surface area contributed by atoms with Crippen molar-refractivity contribution < 1.29 is 19.4 Å². The normalized spacial score (nSPS) is 16.9. The summed E-state index contributed by atoms with van der Waals surface area (Å²) in [4.78, 5) is 36.4. The number of carbonyl (C=O) groups excluding carboxylic acids is 2. The van der Waals surface area contributed by atoms with E-state index in [1.165, 1.54) is 4.90 Å². The van der Waals surface area contributed by atoms with E-state index < -0.39 is 18.1 Å². The Morgan fingerprint density at radius 3 is 2.57 bits per heavy atom. The lowest BCUT2D eigenvalue weighted by atomic mass is 9.91. The number of aliphatic hydroxyl groups is 1. The number of hydrogen-bond donors (Lipinski definition) is 3. The van der Waals surface area contributed by atoms with Gasteiger partial charge in [-0.15, -0.1) is 6.42 Å². The Hall–Kier alpha value is -4.61. The molecule has 8 nitrogen and oxygen atoms in total. The molecule has 2 heterocycles. The highest BCUT2D eigenvalue weighted by Gasteiger charge is 2.46. The molecule has 5 rings (SSSR count). The van der Waals surface area contributed by atoms with Gasteiger partial charge < -0.3 is 20.1 Å². The zero-order valence-electron chi connectivity index (χ0n) is 20.2. The van der Waals surface area contributed by atoms with Crippen molar-refractivity contribution in [2.24, 2.45) is 0 Å². The number of terminal acetylenes is 1. The Kier molecular flexibility index (Phi) is 6.62. The van der Waals surface area contributed by atoms with Crippen LogP contribution in [0.3, 0.4) is 0 Å². The summed E-state index contributed by atoms with van der Waals surface area (Å²) in [6.45, 7) is 2.05. The zero-order chi connectivity index (χ0) is 25.9. The maximum Gasteiger partial charge on any atom is 0.325 e. The Morgan fingerprint density at radius 1 is 1.11 bits per heavy atom. The van der Waals surface area contributed by atoms with Crippen LogP contribution in [0.4, 0.5) is 4.79 Å². The summed E-state index contributed by atoms with van der Waals surface area (Å²) in [6.07, 6.45) is 5.56. The van der Waals surface area contributed by atoms with E-state index in [1.807, 2.05) is 49.4 Å². The summed E-state index contributed by atoms with van der Waals surface area (Å²) in [5.41, 5.74) is 3.72. The van der Waals surface area contributed by atoms with Crippen LogP contribution in [-0.4, -0.2) is 45.1 Å². The molecular weight excluding hydrogens is 468 g/mol. The number of benzene rings is 3. The van der Waals surface area contributed by atoms with Crippen LogP contribution in [0.15, 0.2) is 72.8 Å². The van der Waals surface area contributed by atoms with Gasteiger partial charge in [0.15, 0.2) is 0 Å². The maximum absolute atomic E-state index is 13.7. The van der Waals surface area contributed by atoms with Gasteiger partial charge in [0, 0.05) is 11.5 Å². The minimum absolute atomic E-state index is 0.0965. The van der Waals surface area contributed by atoms with E-state index in [2.05, 4.69) is 16.2 Å². The zero-order valence-corrected chi connectivity index (χ0v) is 20.2. The van der Waals surface area contributed by atoms with Crippen molar-refractivity contribution in [3.63, 3.8) is 0 Å². The minimum Gasteiger partial charge on any atom is -0.491 e. The molecule has 1 fully saturated rings. The second kappa shape index (κ2) is 10.2. The largest absolute Gasteiger partial charge is 0.491 e. The molecule has 1 aromatic heterocycles. The van der Waals surface area contributed by atoms with Crippen molar-refractivity contribution in [2.45, 2.75) is 24.9 Å². The number of aromatic nitrogens is 2. The summed E-state index contributed by atoms with van der Waals surface area (Å²) in [7, 11) is 0. The summed E-state index contributed by atoms with van der Waals surface area (Å²) < 4.78 is 5.41. The standard InChI is InChI=1S/C29H26N4O4/c1-3-19-9-14-23-24(17-19)31-27(30-23)26(18(2)20-7-5-4-6-8-20)33-28(35)25(32-29(33)36)21-10-12-22(13-11-21)37-16-15-34/h1,4-14,17-18,25-26,34H,15-16H2,2H3,(H,30,31)(H,32,36)/t18-,25-,26+/m1/s1. The average Bonchev–Trinajstić information content (AvgIpc) is 3.48. The monoisotopic (exact) mass is 494 g/mol. The number of nitrogens with one attached hydrogen (secondary N) is 2. The van der Waals surface area contributed by atoms with E-state index in [9.17, 15) is 9.59 Å². The molecule has 3 aromatic carbocycles. The number of aromatic amines is 1. The van der Waals surface area contributed by atoms with Crippen LogP contribution in [0.1, 0.15) is 47.4 Å². The summed E-state index contributed by atoms with van der Waals surface area (Å²) in [6, 6.07) is 20.0. The first-order valence-corrected chi connectivity index (χ1v) is 12.0. The molecule has 1 aliphatic rings. The Bertz CT molecular complexity index is 1470. The van der Waals surface area contributed by atoms with Crippen LogP contribution in [0.2, 0.25) is 0 Å². The third-order valence-corrected chi connectivity index (χ3v) is 6.57. The van der Waals surface area contributed by atoms with Crippen LogP contribution in [0.25, 0.3) is 11.0 Å². The Labute approximate surface area is 214 Å². The molecule has 0 aliphatic carbocycles. The van der Waals surface area contributed by atoms with Gasteiger partial charge in [-0.2, -0.15) is 0 Å². The first kappa shape index (κ1) is 24.1. The van der Waals surface area contributed by atoms with E-state index in [0.29, 0.717) is 28.2 Å². The average molecular weight is 495 g/mol. The lowest BCUT2D eigenvalue weighted by Crippen LogP contribution is -2.38. The first-order valence-electron chi connectivity index (χ1n) is 12.0. The van der Waals surface area contributed by atoms with Crippen molar-refractivity contribution >= 4 is 23.0 Å². The number of amides is 3. The number of imidazole rings is 1. The highest BCUT2D eigenvalue weighted by atomic mass is 16.5. The van der Waals surface area contributed by atoms with Crippen molar-refractivity contribution in [1.82, 2.24) is 20.2 Å². The van der Waals surface area contributed by atoms with Gasteiger partial charge in [0.05, 0.1) is 17.6 Å². The second-order valence-corrected chi connectivity index (χ2v) is 8.87. The molecular formula is C29H26N4O4. The molecule has 4 aromatic rings. The molecule has 3 N–H and O–H groups in total. The van der Waals surface area contributed by atoms with Crippen molar-refractivity contribution in [2.75, 3.05) is 13.2 Å². The van der Waals surface area contributed by atoms with Gasteiger partial charge in [-0.25, -0.2) is 9.78 Å². The number of carbonyl (C=O) groups is 2. The number of rotatable bonds is 8. The maximum atomic E-state index is 13.7. The smallest absolute Gasteiger partial charge is 0.325 e. The molecule has 0 radical (unpaired) electrons. The molecule has 0 saturated carbocycles. The summed E-state index contributed by atoms with van der Waals surface area (Å²) in [5, 5.41) is 11.8. The van der Waals surface area contributed by atoms with E-state index in [-0.39, 0.29) is 25.0 Å². The summed E-state index contributed by atoms with van der Waals surface area (Å²) >= 11 is 0. The van der Waals surface area contributed by atoms with Gasteiger partial charge in [0.2, 0.25) is 0 Å². The number of H-pyrrole nitrogens is 1. The predicted octanol–water partition coefficient (Wildman–Crippen LogP) is 4.05. The fraction of sp³-hybridized carbons (Fsp3) is 0.207. The number of hydrogen-bond acceptors (Lipinski definition) is 5. The molecule has 37 heavy (non-hydrogen) atoms. The number of nitrogens with zero attached hydrogens (tertiary/aromatic N) is 2. The van der Waals surface area contributed by atoms with E-state index in [0.717, 1.165) is 11.1 Å². The van der Waals surface area contributed by atoms with Crippen LogP contribution >= 0.6 is 0 Å². The third-order valence-electron chi connectivity index (χ3n) is 6.57. The second-order valence-electron chi connectivity index (χ2n) is 8.87. The molecule has 8 heteroatoms. The van der Waals surface area contributed by atoms with Crippen LogP contribution in [0, 0.1) is 12.3 Å². The van der Waals surface area contributed by atoms with Crippen LogP contribution < -0.4 is 10.1 Å². The quantitative estimate of drug-likeness (QED) is 0.253. The lowest BCUT2D eigenvalue weighted by molar-refractivity contribution is -0.129. The van der Waals surface area contributed by atoms with Crippen molar-refractivity contribution in [3.05, 3.63) is 95.3 Å². The number of aliphatic hydroxyl groups excluding tert-OH is 1. The minimum atomic E-state index is -0.845. The number of fused-ring (bicyclic) bond motifs is 1. The molecule has 3 atom stereocenters. The first-order chi connectivity index (χ1) is 18.0. The van der Waals surface area contributed by atoms with Gasteiger partial charge in [0.25, 0.3) is 5.91 Å². The topological polar surface area (TPSA) is 108 Å². The molecule has 0 spiro atoms. The molecule has 1 saturated heterocycles. The van der Waals surface area contributed by atoms with Crippen molar-refractivity contribution in [1.29, 1.82) is 0 Å². The third kappa shape index (κ3) is 4.65. The van der Waals surface area contributed by atoms with Gasteiger partial charge in [-0.3, -0.25) is 9.69 Å². The van der Waals surface area contributed by atoms with E-state index in [1.54, 1.807) is 30.3 Å². The van der Waals surface area contributed by atoms with Crippen LogP contribution in [-0.2, 0) is 4.79 Å². The predicted molar refractivity (Wildman–Crippen MR) is 139 cm³/mol. The fourth-order valence-corrected chi connectivity index (χ4v) is 4.68. The van der Waals surface area contributed by atoms with Gasteiger partial charge >= 0.3 is 6.03 Å². The molecule has 0 bridgehead atoms. The van der Waals surface area contributed by atoms with Gasteiger partial charge in [-0.1, -0.05) is 55.3 Å². The van der Waals surface area contributed by atoms with Gasteiger partial charge in [0.1, 0.15) is 30.3 Å². The summed E-state index contributed by atoms with van der Waals surface area (Å²) in [5.74, 6) is 3.05. The Balaban J connectivity index is 1.52. The number of imide groups is 1. The molecule has 186 valence electrons. The highest BCUT2D eigenvalue weighted by molar-refractivity contribution is 6.05.